The molecule has 0 fully saturated rings. The van der Waals surface area contributed by atoms with Crippen LogP contribution in [-0.4, -0.2) is 65.5 Å². The average molecular weight is 840 g/mol. The molecule has 1 unspecified atom stereocenters. The Morgan fingerprint density at radius 2 is 1.31 bits per heavy atom. The van der Waals surface area contributed by atoms with E-state index in [1.807, 2.05) is 24.3 Å². The van der Waals surface area contributed by atoms with E-state index in [4.69, 9.17) is 40.3 Å². The van der Waals surface area contributed by atoms with Crippen LogP contribution in [0.15, 0.2) is 24.3 Å². The molecule has 0 aliphatic rings. The topological polar surface area (TPSA) is 141 Å². The fourth-order valence-electron chi connectivity index (χ4n) is 7.07. The predicted molar refractivity (Wildman–Crippen MR) is 239 cm³/mol. The van der Waals surface area contributed by atoms with Crippen LogP contribution < -0.4 is 5.73 Å². The van der Waals surface area contributed by atoms with Gasteiger partial charge < -0.3 is 38.2 Å². The highest BCUT2D eigenvalue weighted by atomic mass is 31.2. The van der Waals surface area contributed by atoms with Crippen LogP contribution in [-0.2, 0) is 45.6 Å². The van der Waals surface area contributed by atoms with E-state index in [0.717, 1.165) is 80.0 Å². The first-order valence-corrected chi connectivity index (χ1v) is 23.9. The van der Waals surface area contributed by atoms with Gasteiger partial charge in [-0.05, 0) is 25.3 Å². The summed E-state index contributed by atoms with van der Waals surface area (Å²) in [5.74, 6) is 0.631. The molecule has 0 aliphatic carbocycles. The number of hydrogen-bond donors (Lipinski definition) is 1. The number of rotatable bonds is 36. The van der Waals surface area contributed by atoms with E-state index in [9.17, 15) is 9.59 Å². The number of fused-ring (bicyclic) bond motifs is 3. The number of hydrogen-bond acceptors (Lipinski definition) is 10. The third-order valence-electron chi connectivity index (χ3n) is 10.4. The maximum atomic E-state index is 13.0. The number of aryl methyl sites for hydroxylation is 1. The van der Waals surface area contributed by atoms with Gasteiger partial charge in [-0.2, -0.15) is 0 Å². The zero-order valence-electron chi connectivity index (χ0n) is 36.6. The molecule has 0 amide bonds. The van der Waals surface area contributed by atoms with E-state index in [-0.39, 0.29) is 44.9 Å². The maximum absolute atomic E-state index is 13.0. The highest BCUT2D eigenvalue weighted by Gasteiger charge is 2.23. The zero-order valence-corrected chi connectivity index (χ0v) is 37.5. The number of esters is 2. The Labute approximate surface area is 355 Å². The lowest BCUT2D eigenvalue weighted by atomic mass is 10.1. The molecule has 3 aromatic rings. The molecular weight excluding hydrogens is 766 g/mol. The minimum absolute atomic E-state index is 0.0822. The Morgan fingerprint density at radius 1 is 0.729 bits per heavy atom. The van der Waals surface area contributed by atoms with Gasteiger partial charge in [-0.3, -0.25) is 9.59 Å². The molecule has 1 aromatic carbocycles. The average Bonchev–Trinajstić information content (AvgIpc) is 3.61. The van der Waals surface area contributed by atoms with Gasteiger partial charge in [0.05, 0.1) is 24.2 Å². The van der Waals surface area contributed by atoms with Gasteiger partial charge in [0.1, 0.15) is 24.6 Å². The summed E-state index contributed by atoms with van der Waals surface area (Å²) in [5, 5.41) is 0.957. The number of aromatic nitrogens is 3. The molecule has 2 heterocycles. The number of anilines is 1. The molecule has 330 valence electrons. The second kappa shape index (κ2) is 31.5. The number of carbonyl (C=O) groups excluding carboxylic acids is 2. The van der Waals surface area contributed by atoms with Crippen molar-refractivity contribution in [1.29, 1.82) is 0 Å². The lowest BCUT2D eigenvalue weighted by molar-refractivity contribution is -0.161. The van der Waals surface area contributed by atoms with E-state index in [1.54, 1.807) is 0 Å². The summed E-state index contributed by atoms with van der Waals surface area (Å²) < 4.78 is 31.9. The van der Waals surface area contributed by atoms with E-state index in [0.29, 0.717) is 30.7 Å². The van der Waals surface area contributed by atoms with Gasteiger partial charge in [0, 0.05) is 31.2 Å². The number of para-hydroxylation sites is 1. The van der Waals surface area contributed by atoms with Crippen LogP contribution in [0, 0.1) is 6.57 Å². The Hall–Kier alpha value is -3.36. The third kappa shape index (κ3) is 20.2. The summed E-state index contributed by atoms with van der Waals surface area (Å²) in [4.78, 5) is 38.7. The SMILES string of the molecule is [C-]#[N+]CCOP(OCCn1c(CCCC)nc2c(N)nc3ccccc3c21)OC[C@@H](COC(=O)CCCCCCCCCCC)OC(=O)CCCCCCCCCCC. The van der Waals surface area contributed by atoms with Gasteiger partial charge in [0.2, 0.25) is 6.54 Å². The Bertz CT molecular complexity index is 1650. The van der Waals surface area contributed by atoms with Crippen molar-refractivity contribution in [3.05, 3.63) is 41.5 Å². The molecule has 3 rings (SSSR count). The van der Waals surface area contributed by atoms with Crippen LogP contribution in [0.4, 0.5) is 5.82 Å². The first-order chi connectivity index (χ1) is 28.9. The van der Waals surface area contributed by atoms with E-state index < -0.39 is 14.7 Å². The highest BCUT2D eigenvalue weighted by Crippen LogP contribution is 2.40. The summed E-state index contributed by atoms with van der Waals surface area (Å²) in [6.45, 7) is 14.6. The first-order valence-electron chi connectivity index (χ1n) is 22.8. The molecule has 0 saturated carbocycles. The molecule has 0 spiro atoms. The molecule has 2 aromatic heterocycles. The molecule has 2 N–H and O–H groups in total. The summed E-state index contributed by atoms with van der Waals surface area (Å²) in [6.07, 6.45) is 23.3. The number of carbonyl (C=O) groups is 2. The lowest BCUT2D eigenvalue weighted by Gasteiger charge is -2.21. The lowest BCUT2D eigenvalue weighted by Crippen LogP contribution is -2.29. The van der Waals surface area contributed by atoms with Crippen LogP contribution >= 0.6 is 8.60 Å². The van der Waals surface area contributed by atoms with Crippen molar-refractivity contribution >= 4 is 48.3 Å². The zero-order chi connectivity index (χ0) is 42.3. The molecule has 13 heteroatoms. The third-order valence-corrected chi connectivity index (χ3v) is 11.6. The minimum atomic E-state index is -1.93. The van der Waals surface area contributed by atoms with Crippen molar-refractivity contribution < 1.29 is 32.6 Å². The van der Waals surface area contributed by atoms with Gasteiger partial charge in [-0.25, -0.2) is 16.5 Å². The second-order valence-corrected chi connectivity index (χ2v) is 16.7. The van der Waals surface area contributed by atoms with Crippen LogP contribution in [0.2, 0.25) is 0 Å². The number of nitrogens with two attached hydrogens (primary N) is 1. The number of benzene rings is 1. The summed E-state index contributed by atoms with van der Waals surface area (Å²) in [6, 6.07) is 7.88. The van der Waals surface area contributed by atoms with Crippen molar-refractivity contribution in [2.75, 3.05) is 38.7 Å². The highest BCUT2D eigenvalue weighted by molar-refractivity contribution is 7.41. The van der Waals surface area contributed by atoms with Gasteiger partial charge in [-0.1, -0.05) is 148 Å². The summed E-state index contributed by atoms with van der Waals surface area (Å²) >= 11 is 0. The fraction of sp³-hybridized carbons (Fsp3) is 0.717. The standard InChI is InChI=1S/C46H74N5O7P/c1-5-8-11-13-15-17-19-21-23-30-42(52)54-36-38(58-43(53)31-24-22-20-18-16-14-12-9-6-2)37-57-59(55-34-32-48-4)56-35-33-51-41(29-10-7-3)50-44-45(51)39-27-25-26-28-40(39)49-46(44)47/h25-28,38H,5-24,29-37H2,1-3H3,(H2,47,49)/t38-,59?/m1/s1. The number of imidazole rings is 1. The van der Waals surface area contributed by atoms with Crippen LogP contribution in [0.3, 0.4) is 0 Å². The number of ether oxygens (including phenoxy) is 2. The second-order valence-electron chi connectivity index (χ2n) is 15.5. The van der Waals surface area contributed by atoms with Crippen molar-refractivity contribution in [3.63, 3.8) is 0 Å². The first kappa shape index (κ1) is 50.0. The molecule has 59 heavy (non-hydrogen) atoms. The van der Waals surface area contributed by atoms with Crippen molar-refractivity contribution in [3.8, 4) is 0 Å². The van der Waals surface area contributed by atoms with Crippen molar-refractivity contribution in [2.45, 2.75) is 181 Å². The minimum Gasteiger partial charge on any atom is -0.462 e. The van der Waals surface area contributed by atoms with Gasteiger partial charge in [-0.15, -0.1) is 0 Å². The number of pyridine rings is 1. The molecule has 0 aliphatic heterocycles. The molecular formula is C46H74N5O7P. The maximum Gasteiger partial charge on any atom is 0.333 e. The molecule has 0 saturated heterocycles. The van der Waals surface area contributed by atoms with E-state index in [1.165, 1.54) is 77.0 Å². The number of nitrogen functional groups attached to an aromatic ring is 1. The predicted octanol–water partition coefficient (Wildman–Crippen LogP) is 12.0. The van der Waals surface area contributed by atoms with Gasteiger partial charge in [0.15, 0.2) is 11.9 Å². The normalized spacial score (nSPS) is 12.5. The quantitative estimate of drug-likeness (QED) is 0.0260. The van der Waals surface area contributed by atoms with Crippen molar-refractivity contribution in [2.24, 2.45) is 0 Å². The smallest absolute Gasteiger partial charge is 0.333 e. The van der Waals surface area contributed by atoms with E-state index >= 15 is 0 Å². The van der Waals surface area contributed by atoms with Crippen LogP contribution in [0.5, 0.6) is 0 Å². The Morgan fingerprint density at radius 3 is 1.93 bits per heavy atom. The monoisotopic (exact) mass is 840 g/mol. The van der Waals surface area contributed by atoms with E-state index in [2.05, 4.69) is 35.2 Å². The number of nitrogens with zero attached hydrogens (tertiary/aromatic N) is 4. The Kier molecular flexibility index (Phi) is 26.7. The molecule has 0 bridgehead atoms. The molecule has 12 nitrogen and oxygen atoms in total. The largest absolute Gasteiger partial charge is 0.462 e. The Balaban J connectivity index is 1.60. The molecule has 0 radical (unpaired) electrons. The van der Waals surface area contributed by atoms with Gasteiger partial charge >= 0.3 is 20.5 Å². The number of unbranched alkanes of at least 4 members (excludes halogenated alkanes) is 17. The molecule has 2 atom stereocenters. The summed E-state index contributed by atoms with van der Waals surface area (Å²) in [5.41, 5.74) is 8.77. The van der Waals surface area contributed by atoms with Gasteiger partial charge in [0.25, 0.3) is 0 Å². The fourth-order valence-corrected chi connectivity index (χ4v) is 8.05. The van der Waals surface area contributed by atoms with Crippen LogP contribution in [0.25, 0.3) is 26.8 Å². The van der Waals surface area contributed by atoms with Crippen molar-refractivity contribution in [1.82, 2.24) is 14.5 Å². The van der Waals surface area contributed by atoms with Crippen LogP contribution in [0.1, 0.15) is 168 Å². The summed E-state index contributed by atoms with van der Waals surface area (Å²) in [7, 11) is -1.93.